The number of aromatic nitrogens is 1. The summed E-state index contributed by atoms with van der Waals surface area (Å²) in [5.74, 6) is 0.156. The molecule has 0 saturated heterocycles. The fraction of sp³-hybridized carbons (Fsp3) is 0.231. The Hall–Kier alpha value is -2.14. The highest BCUT2D eigenvalue weighted by Crippen LogP contribution is 2.30. The van der Waals surface area contributed by atoms with Crippen molar-refractivity contribution in [1.29, 1.82) is 0 Å². The molecule has 0 radical (unpaired) electrons. The predicted octanol–water partition coefficient (Wildman–Crippen LogP) is 1.53. The van der Waals surface area contributed by atoms with Crippen LogP contribution in [0.5, 0.6) is 0 Å². The summed E-state index contributed by atoms with van der Waals surface area (Å²) in [4.78, 5) is 11.0. The molecule has 1 amide bonds. The topological polar surface area (TPSA) is 95.1 Å². The normalized spacial score (nSPS) is 12.3. The maximum Gasteiger partial charge on any atom is 0.219 e. The van der Waals surface area contributed by atoms with Crippen molar-refractivity contribution in [2.45, 2.75) is 19.4 Å². The minimum absolute atomic E-state index is 0.0713. The molecular formula is C13H15N3O2. The van der Waals surface area contributed by atoms with E-state index in [0.29, 0.717) is 11.5 Å². The molecule has 5 heteroatoms. The van der Waals surface area contributed by atoms with E-state index in [2.05, 4.69) is 5.16 Å². The SMILES string of the molecule is Cc1noc(-c2ccccc2)c1C(N)CC(N)=O. The van der Waals surface area contributed by atoms with Crippen LogP contribution in [0.2, 0.25) is 0 Å². The van der Waals surface area contributed by atoms with E-state index < -0.39 is 11.9 Å². The minimum Gasteiger partial charge on any atom is -0.370 e. The smallest absolute Gasteiger partial charge is 0.219 e. The lowest BCUT2D eigenvalue weighted by molar-refractivity contribution is -0.118. The molecule has 1 atom stereocenters. The van der Waals surface area contributed by atoms with Crippen molar-refractivity contribution in [2.24, 2.45) is 11.5 Å². The highest BCUT2D eigenvalue weighted by Gasteiger charge is 2.21. The molecule has 1 aromatic heterocycles. The van der Waals surface area contributed by atoms with Crippen LogP contribution in [0.25, 0.3) is 11.3 Å². The molecular weight excluding hydrogens is 230 g/mol. The molecule has 1 heterocycles. The third kappa shape index (κ3) is 2.41. The maximum absolute atomic E-state index is 11.0. The number of carbonyl (C=O) groups is 1. The van der Waals surface area contributed by atoms with Gasteiger partial charge >= 0.3 is 0 Å². The Morgan fingerprint density at radius 2 is 2.06 bits per heavy atom. The number of benzene rings is 1. The third-order valence-corrected chi connectivity index (χ3v) is 2.74. The lowest BCUT2D eigenvalue weighted by Gasteiger charge is -2.09. The summed E-state index contributed by atoms with van der Waals surface area (Å²) in [6, 6.07) is 9.02. The van der Waals surface area contributed by atoms with Crippen LogP contribution in [0.3, 0.4) is 0 Å². The average Bonchev–Trinajstić information content (AvgIpc) is 2.71. The number of nitrogens with two attached hydrogens (primary N) is 2. The molecule has 0 saturated carbocycles. The highest BCUT2D eigenvalue weighted by molar-refractivity contribution is 5.75. The minimum atomic E-state index is -0.496. The molecule has 4 N–H and O–H groups in total. The Morgan fingerprint density at radius 1 is 1.39 bits per heavy atom. The number of hydrogen-bond acceptors (Lipinski definition) is 4. The monoisotopic (exact) mass is 245 g/mol. The summed E-state index contributed by atoms with van der Waals surface area (Å²) < 4.78 is 5.30. The highest BCUT2D eigenvalue weighted by atomic mass is 16.5. The quantitative estimate of drug-likeness (QED) is 0.853. The van der Waals surface area contributed by atoms with Crippen molar-refractivity contribution in [3.05, 3.63) is 41.6 Å². The van der Waals surface area contributed by atoms with Crippen molar-refractivity contribution < 1.29 is 9.32 Å². The van der Waals surface area contributed by atoms with Gasteiger partial charge in [-0.2, -0.15) is 0 Å². The van der Waals surface area contributed by atoms with E-state index in [1.54, 1.807) is 6.92 Å². The van der Waals surface area contributed by atoms with Crippen LogP contribution in [0.15, 0.2) is 34.9 Å². The van der Waals surface area contributed by atoms with Crippen LogP contribution in [-0.4, -0.2) is 11.1 Å². The molecule has 2 rings (SSSR count). The van der Waals surface area contributed by atoms with E-state index in [-0.39, 0.29) is 6.42 Å². The van der Waals surface area contributed by atoms with Gasteiger partial charge in [0.1, 0.15) is 0 Å². The number of amides is 1. The van der Waals surface area contributed by atoms with E-state index in [1.807, 2.05) is 30.3 Å². The van der Waals surface area contributed by atoms with Crippen molar-refractivity contribution in [3.8, 4) is 11.3 Å². The van der Waals surface area contributed by atoms with Crippen LogP contribution < -0.4 is 11.5 Å². The number of carbonyl (C=O) groups excluding carboxylic acids is 1. The summed E-state index contributed by atoms with van der Waals surface area (Å²) in [5.41, 5.74) is 13.4. The Labute approximate surface area is 105 Å². The standard InChI is InChI=1S/C13H15N3O2/c1-8-12(10(14)7-11(15)17)13(18-16-8)9-5-3-2-4-6-9/h2-6,10H,7,14H2,1H3,(H2,15,17). The van der Waals surface area contributed by atoms with Gasteiger partial charge in [-0.05, 0) is 6.92 Å². The first-order valence-corrected chi connectivity index (χ1v) is 5.65. The third-order valence-electron chi connectivity index (χ3n) is 2.74. The van der Waals surface area contributed by atoms with E-state index in [9.17, 15) is 4.79 Å². The lowest BCUT2D eigenvalue weighted by Crippen LogP contribution is -2.21. The first-order valence-electron chi connectivity index (χ1n) is 5.65. The molecule has 0 aliphatic rings. The first kappa shape index (κ1) is 12.3. The van der Waals surface area contributed by atoms with Gasteiger partial charge in [0.05, 0.1) is 5.69 Å². The molecule has 0 fully saturated rings. The molecule has 18 heavy (non-hydrogen) atoms. The number of nitrogens with zero attached hydrogens (tertiary/aromatic N) is 1. The van der Waals surface area contributed by atoms with Crippen LogP contribution >= 0.6 is 0 Å². The fourth-order valence-electron chi connectivity index (χ4n) is 1.93. The van der Waals surface area contributed by atoms with Gasteiger partial charge in [0.25, 0.3) is 0 Å². The average molecular weight is 245 g/mol. The van der Waals surface area contributed by atoms with Gasteiger partial charge in [0.15, 0.2) is 5.76 Å². The van der Waals surface area contributed by atoms with Gasteiger partial charge in [0, 0.05) is 23.6 Å². The zero-order valence-electron chi connectivity index (χ0n) is 10.1. The van der Waals surface area contributed by atoms with Gasteiger partial charge in [-0.1, -0.05) is 35.5 Å². The van der Waals surface area contributed by atoms with Crippen LogP contribution in [0.4, 0.5) is 0 Å². The van der Waals surface area contributed by atoms with Crippen molar-refractivity contribution in [3.63, 3.8) is 0 Å². The Balaban J connectivity index is 2.42. The summed E-state index contributed by atoms with van der Waals surface area (Å²) >= 11 is 0. The summed E-state index contributed by atoms with van der Waals surface area (Å²) in [6.07, 6.45) is 0.0713. The number of aryl methyl sites for hydroxylation is 1. The second-order valence-electron chi connectivity index (χ2n) is 4.15. The molecule has 5 nitrogen and oxygen atoms in total. The molecule has 0 aliphatic heterocycles. The van der Waals surface area contributed by atoms with Crippen molar-refractivity contribution in [2.75, 3.05) is 0 Å². The molecule has 0 spiro atoms. The van der Waals surface area contributed by atoms with Gasteiger partial charge < -0.3 is 16.0 Å². The van der Waals surface area contributed by atoms with Gasteiger partial charge in [0.2, 0.25) is 5.91 Å². The zero-order valence-corrected chi connectivity index (χ0v) is 10.1. The molecule has 1 unspecified atom stereocenters. The Bertz CT molecular complexity index is 549. The fourth-order valence-corrected chi connectivity index (χ4v) is 1.93. The van der Waals surface area contributed by atoms with Gasteiger partial charge in [-0.25, -0.2) is 0 Å². The van der Waals surface area contributed by atoms with Crippen LogP contribution in [-0.2, 0) is 4.79 Å². The lowest BCUT2D eigenvalue weighted by atomic mass is 9.99. The molecule has 1 aromatic carbocycles. The number of hydrogen-bond donors (Lipinski definition) is 2. The van der Waals surface area contributed by atoms with Gasteiger partial charge in [-0.15, -0.1) is 0 Å². The summed E-state index contributed by atoms with van der Waals surface area (Å²) in [6.45, 7) is 1.80. The van der Waals surface area contributed by atoms with E-state index in [4.69, 9.17) is 16.0 Å². The predicted molar refractivity (Wildman–Crippen MR) is 67.4 cm³/mol. The van der Waals surface area contributed by atoms with Crippen LogP contribution in [0, 0.1) is 6.92 Å². The number of primary amides is 1. The van der Waals surface area contributed by atoms with E-state index in [1.165, 1.54) is 0 Å². The van der Waals surface area contributed by atoms with Crippen molar-refractivity contribution in [1.82, 2.24) is 5.16 Å². The summed E-state index contributed by atoms with van der Waals surface area (Å²) in [7, 11) is 0. The van der Waals surface area contributed by atoms with Crippen LogP contribution in [0.1, 0.15) is 23.7 Å². The summed E-state index contributed by atoms with van der Waals surface area (Å²) in [5, 5.41) is 3.91. The van der Waals surface area contributed by atoms with E-state index >= 15 is 0 Å². The molecule has 0 bridgehead atoms. The van der Waals surface area contributed by atoms with E-state index in [0.717, 1.165) is 11.1 Å². The maximum atomic E-state index is 11.0. The largest absolute Gasteiger partial charge is 0.370 e. The molecule has 94 valence electrons. The number of rotatable bonds is 4. The first-order chi connectivity index (χ1) is 8.59. The Kier molecular flexibility index (Phi) is 3.43. The van der Waals surface area contributed by atoms with Gasteiger partial charge in [-0.3, -0.25) is 4.79 Å². The van der Waals surface area contributed by atoms with Crippen molar-refractivity contribution >= 4 is 5.91 Å². The molecule has 2 aromatic rings. The molecule has 0 aliphatic carbocycles. The zero-order chi connectivity index (χ0) is 13.1. The Morgan fingerprint density at radius 3 is 2.67 bits per heavy atom. The second-order valence-corrected chi connectivity index (χ2v) is 4.15. The second kappa shape index (κ2) is 5.01.